The quantitative estimate of drug-likeness (QED) is 0.569. The Kier molecular flexibility index (Phi) is 4.11. The lowest BCUT2D eigenvalue weighted by Gasteiger charge is -2.12. The van der Waals surface area contributed by atoms with Gasteiger partial charge in [0.1, 0.15) is 17.5 Å². The van der Waals surface area contributed by atoms with Crippen molar-refractivity contribution in [2.24, 2.45) is 5.84 Å². The average molecular weight is 263 g/mol. The second-order valence-corrected chi connectivity index (χ2v) is 5.03. The highest BCUT2D eigenvalue weighted by Gasteiger charge is 2.07. The maximum atomic E-state index is 5.43. The van der Waals surface area contributed by atoms with Gasteiger partial charge in [-0.1, -0.05) is 6.07 Å². The molecule has 18 heavy (non-hydrogen) atoms. The second-order valence-electron chi connectivity index (χ2n) is 3.99. The van der Waals surface area contributed by atoms with Crippen molar-refractivity contribution >= 4 is 23.0 Å². The van der Waals surface area contributed by atoms with Crippen LogP contribution in [0.15, 0.2) is 17.5 Å². The van der Waals surface area contributed by atoms with Crippen molar-refractivity contribution in [1.29, 1.82) is 0 Å². The number of hydrogen-bond donors (Lipinski definition) is 3. The molecular formula is C12H17N5S. The van der Waals surface area contributed by atoms with E-state index in [1.165, 1.54) is 4.88 Å². The number of rotatable bonds is 5. The number of thiophene rings is 1. The Bertz CT molecular complexity index is 509. The first-order chi connectivity index (χ1) is 8.70. The lowest BCUT2D eigenvalue weighted by molar-refractivity contribution is 0.977. The molecule has 0 spiro atoms. The smallest absolute Gasteiger partial charge is 0.148 e. The molecule has 0 unspecified atom stereocenters. The van der Waals surface area contributed by atoms with Gasteiger partial charge in [0.25, 0.3) is 0 Å². The summed E-state index contributed by atoms with van der Waals surface area (Å²) in [6, 6.07) is 4.20. The van der Waals surface area contributed by atoms with E-state index in [1.807, 2.05) is 13.8 Å². The number of nitrogens with two attached hydrogens (primary N) is 1. The summed E-state index contributed by atoms with van der Waals surface area (Å²) in [5, 5.41) is 5.42. The van der Waals surface area contributed by atoms with Crippen LogP contribution >= 0.6 is 11.3 Å². The molecule has 2 aromatic rings. The summed E-state index contributed by atoms with van der Waals surface area (Å²) in [6.45, 7) is 4.65. The van der Waals surface area contributed by atoms with E-state index >= 15 is 0 Å². The molecule has 2 heterocycles. The van der Waals surface area contributed by atoms with Crippen molar-refractivity contribution in [2.75, 3.05) is 17.3 Å². The normalized spacial score (nSPS) is 10.4. The zero-order chi connectivity index (χ0) is 13.0. The van der Waals surface area contributed by atoms with Gasteiger partial charge < -0.3 is 10.7 Å². The van der Waals surface area contributed by atoms with Crippen LogP contribution < -0.4 is 16.6 Å². The van der Waals surface area contributed by atoms with E-state index in [1.54, 1.807) is 11.3 Å². The molecule has 0 aliphatic rings. The van der Waals surface area contributed by atoms with Gasteiger partial charge in [0.2, 0.25) is 0 Å². The summed E-state index contributed by atoms with van der Waals surface area (Å²) >= 11 is 1.77. The minimum Gasteiger partial charge on any atom is -0.369 e. The molecule has 0 aliphatic heterocycles. The van der Waals surface area contributed by atoms with Crippen LogP contribution in [0, 0.1) is 13.8 Å². The van der Waals surface area contributed by atoms with E-state index in [9.17, 15) is 0 Å². The molecule has 6 heteroatoms. The van der Waals surface area contributed by atoms with Crippen molar-refractivity contribution in [3.8, 4) is 0 Å². The molecule has 4 N–H and O–H groups in total. The summed E-state index contributed by atoms with van der Waals surface area (Å²) < 4.78 is 0. The highest BCUT2D eigenvalue weighted by molar-refractivity contribution is 7.09. The van der Waals surface area contributed by atoms with E-state index in [2.05, 4.69) is 38.2 Å². The van der Waals surface area contributed by atoms with Crippen molar-refractivity contribution < 1.29 is 0 Å². The number of hydrogen-bond acceptors (Lipinski definition) is 6. The standard InChI is InChI=1S/C12H17N5S/c1-8-11(15-9(2)16-12(8)17-13)14-6-5-10-4-3-7-18-10/h3-4,7H,5-6,13H2,1-2H3,(H2,14,15,16,17). The number of hydrazine groups is 1. The molecule has 0 aliphatic carbocycles. The van der Waals surface area contributed by atoms with E-state index < -0.39 is 0 Å². The second kappa shape index (κ2) is 5.79. The molecule has 2 rings (SSSR count). The molecule has 5 nitrogen and oxygen atoms in total. The van der Waals surface area contributed by atoms with Crippen molar-refractivity contribution in [2.45, 2.75) is 20.3 Å². The Morgan fingerprint density at radius 2 is 2.06 bits per heavy atom. The van der Waals surface area contributed by atoms with Gasteiger partial charge in [-0.05, 0) is 31.7 Å². The number of nitrogens with one attached hydrogen (secondary N) is 2. The predicted octanol–water partition coefficient (Wildman–Crippen LogP) is 2.10. The van der Waals surface area contributed by atoms with Crippen LogP contribution in [0.5, 0.6) is 0 Å². The Morgan fingerprint density at radius 3 is 2.72 bits per heavy atom. The third-order valence-electron chi connectivity index (χ3n) is 2.64. The van der Waals surface area contributed by atoms with Crippen molar-refractivity contribution in [3.05, 3.63) is 33.8 Å². The number of nitrogens with zero attached hydrogens (tertiary/aromatic N) is 2. The van der Waals surface area contributed by atoms with E-state index in [-0.39, 0.29) is 0 Å². The van der Waals surface area contributed by atoms with Gasteiger partial charge >= 0.3 is 0 Å². The first-order valence-corrected chi connectivity index (χ1v) is 6.67. The Labute approximate surface area is 110 Å². The first-order valence-electron chi connectivity index (χ1n) is 5.79. The van der Waals surface area contributed by atoms with Crippen LogP contribution in [0.2, 0.25) is 0 Å². The molecule has 0 fully saturated rings. The van der Waals surface area contributed by atoms with Crippen LogP contribution in [0.3, 0.4) is 0 Å². The zero-order valence-electron chi connectivity index (χ0n) is 10.5. The molecule has 0 radical (unpaired) electrons. The fourth-order valence-corrected chi connectivity index (χ4v) is 2.41. The number of anilines is 2. The minimum absolute atomic E-state index is 0.668. The third kappa shape index (κ3) is 2.96. The number of nitrogen functional groups attached to an aromatic ring is 1. The van der Waals surface area contributed by atoms with Crippen LogP contribution in [0.25, 0.3) is 0 Å². The monoisotopic (exact) mass is 263 g/mol. The molecular weight excluding hydrogens is 246 g/mol. The summed E-state index contributed by atoms with van der Waals surface area (Å²) in [5.74, 6) is 7.64. The van der Waals surface area contributed by atoms with Gasteiger partial charge in [-0.2, -0.15) is 0 Å². The highest BCUT2D eigenvalue weighted by atomic mass is 32.1. The van der Waals surface area contributed by atoms with Crippen LogP contribution in [-0.4, -0.2) is 16.5 Å². The first kappa shape index (κ1) is 12.8. The molecule has 0 saturated heterocycles. The Morgan fingerprint density at radius 1 is 1.28 bits per heavy atom. The SMILES string of the molecule is Cc1nc(NN)c(C)c(NCCc2cccs2)n1. The minimum atomic E-state index is 0.668. The Hall–Kier alpha value is -1.66. The summed E-state index contributed by atoms with van der Waals surface area (Å²) in [7, 11) is 0. The van der Waals surface area contributed by atoms with E-state index in [0.29, 0.717) is 11.6 Å². The summed E-state index contributed by atoms with van der Waals surface area (Å²) in [6.07, 6.45) is 0.992. The molecule has 0 bridgehead atoms. The van der Waals surface area contributed by atoms with Gasteiger partial charge in [0.15, 0.2) is 0 Å². The maximum absolute atomic E-state index is 5.43. The van der Waals surface area contributed by atoms with Crippen LogP contribution in [-0.2, 0) is 6.42 Å². The summed E-state index contributed by atoms with van der Waals surface area (Å²) in [4.78, 5) is 9.97. The third-order valence-corrected chi connectivity index (χ3v) is 3.57. The van der Waals surface area contributed by atoms with Gasteiger partial charge in [-0.25, -0.2) is 15.8 Å². The molecule has 0 amide bonds. The van der Waals surface area contributed by atoms with Gasteiger partial charge in [-0.3, -0.25) is 0 Å². The van der Waals surface area contributed by atoms with Gasteiger partial charge in [-0.15, -0.1) is 11.3 Å². The van der Waals surface area contributed by atoms with Gasteiger partial charge in [0.05, 0.1) is 0 Å². The van der Waals surface area contributed by atoms with Crippen molar-refractivity contribution in [1.82, 2.24) is 9.97 Å². The molecule has 0 atom stereocenters. The molecule has 96 valence electrons. The van der Waals surface area contributed by atoms with Crippen molar-refractivity contribution in [3.63, 3.8) is 0 Å². The largest absolute Gasteiger partial charge is 0.369 e. The number of aromatic nitrogens is 2. The lowest BCUT2D eigenvalue weighted by Crippen LogP contribution is -2.15. The molecule has 0 aromatic carbocycles. The zero-order valence-corrected chi connectivity index (χ0v) is 11.3. The fourth-order valence-electron chi connectivity index (χ4n) is 1.70. The van der Waals surface area contributed by atoms with Crippen LogP contribution in [0.4, 0.5) is 11.6 Å². The molecule has 0 saturated carbocycles. The highest BCUT2D eigenvalue weighted by Crippen LogP contribution is 2.19. The topological polar surface area (TPSA) is 75.9 Å². The van der Waals surface area contributed by atoms with Gasteiger partial charge in [0, 0.05) is 17.0 Å². The lowest BCUT2D eigenvalue weighted by atomic mass is 10.3. The van der Waals surface area contributed by atoms with E-state index in [4.69, 9.17) is 5.84 Å². The van der Waals surface area contributed by atoms with Crippen LogP contribution in [0.1, 0.15) is 16.3 Å². The predicted molar refractivity (Wildman–Crippen MR) is 75.8 cm³/mol. The molecule has 2 aromatic heterocycles. The Balaban J connectivity index is 2.02. The number of aryl methyl sites for hydroxylation is 1. The fraction of sp³-hybridized carbons (Fsp3) is 0.333. The average Bonchev–Trinajstić information content (AvgIpc) is 2.86. The summed E-state index contributed by atoms with van der Waals surface area (Å²) in [5.41, 5.74) is 3.53. The van der Waals surface area contributed by atoms with E-state index in [0.717, 1.165) is 24.3 Å². The maximum Gasteiger partial charge on any atom is 0.148 e.